The van der Waals surface area contributed by atoms with Gasteiger partial charge < -0.3 is 21.1 Å². The van der Waals surface area contributed by atoms with Gasteiger partial charge in [0.05, 0.1) is 12.5 Å². The quantitative estimate of drug-likeness (QED) is 0.579. The van der Waals surface area contributed by atoms with E-state index in [9.17, 15) is 9.59 Å². The number of para-hydroxylation sites is 1. The first-order valence-electron chi connectivity index (χ1n) is 8.18. The Balaban J connectivity index is 1.74. The summed E-state index contributed by atoms with van der Waals surface area (Å²) in [6, 6.07) is 15.2. The number of thiazole rings is 1. The number of nitrogens with two attached hydrogens (primary N) is 1. The zero-order chi connectivity index (χ0) is 19.1. The van der Waals surface area contributed by atoms with Crippen LogP contribution in [0.3, 0.4) is 0 Å². The van der Waals surface area contributed by atoms with Crippen molar-refractivity contribution in [3.05, 3.63) is 71.7 Å². The summed E-state index contributed by atoms with van der Waals surface area (Å²) < 4.78 is 5.81. The van der Waals surface area contributed by atoms with Crippen LogP contribution in [0.1, 0.15) is 18.0 Å². The van der Waals surface area contributed by atoms with E-state index < -0.39 is 12.1 Å². The predicted molar refractivity (Wildman–Crippen MR) is 104 cm³/mol. The van der Waals surface area contributed by atoms with Gasteiger partial charge in [0.25, 0.3) is 0 Å². The second-order valence-electron chi connectivity index (χ2n) is 5.64. The summed E-state index contributed by atoms with van der Waals surface area (Å²) in [5.41, 5.74) is 5.99. The Morgan fingerprint density at radius 1 is 1.11 bits per heavy atom. The third-order valence-electron chi connectivity index (χ3n) is 3.62. The highest BCUT2D eigenvalue weighted by atomic mass is 32.1. The van der Waals surface area contributed by atoms with Gasteiger partial charge in [-0.1, -0.05) is 30.3 Å². The zero-order valence-corrected chi connectivity index (χ0v) is 15.1. The average molecular weight is 382 g/mol. The summed E-state index contributed by atoms with van der Waals surface area (Å²) in [5.74, 6) is 1.00. The van der Waals surface area contributed by atoms with Crippen LogP contribution in [0.5, 0.6) is 11.5 Å². The minimum atomic E-state index is -0.712. The normalized spacial score (nSPS) is 11.4. The number of primary amides is 1. The molecule has 0 bridgehead atoms. The molecule has 4 N–H and O–H groups in total. The summed E-state index contributed by atoms with van der Waals surface area (Å²) >= 11 is 1.32. The molecule has 0 fully saturated rings. The maximum absolute atomic E-state index is 12.3. The summed E-state index contributed by atoms with van der Waals surface area (Å²) in [7, 11) is 0. The molecule has 1 heterocycles. The van der Waals surface area contributed by atoms with Gasteiger partial charge in [-0.15, -0.1) is 11.3 Å². The van der Waals surface area contributed by atoms with E-state index in [0.717, 1.165) is 0 Å². The van der Waals surface area contributed by atoms with Crippen molar-refractivity contribution in [3.63, 3.8) is 0 Å². The average Bonchev–Trinajstić information content (AvgIpc) is 3.15. The molecule has 2 aromatic carbocycles. The number of carbonyl (C=O) groups is 2. The summed E-state index contributed by atoms with van der Waals surface area (Å²) in [6.07, 6.45) is 1.61. The van der Waals surface area contributed by atoms with Crippen molar-refractivity contribution in [3.8, 4) is 11.5 Å². The molecule has 27 heavy (non-hydrogen) atoms. The summed E-state index contributed by atoms with van der Waals surface area (Å²) in [5, 5.41) is 7.56. The van der Waals surface area contributed by atoms with Crippen molar-refractivity contribution in [2.75, 3.05) is 5.32 Å². The van der Waals surface area contributed by atoms with Crippen LogP contribution in [0.15, 0.2) is 66.2 Å². The predicted octanol–water partition coefficient (Wildman–Crippen LogP) is 3.67. The molecule has 0 aliphatic rings. The molecule has 0 saturated heterocycles. The minimum absolute atomic E-state index is 0.0112. The Morgan fingerprint density at radius 2 is 1.89 bits per heavy atom. The third-order valence-corrected chi connectivity index (χ3v) is 4.31. The van der Waals surface area contributed by atoms with E-state index in [1.165, 1.54) is 11.3 Å². The van der Waals surface area contributed by atoms with Gasteiger partial charge in [0, 0.05) is 11.6 Å². The van der Waals surface area contributed by atoms with Gasteiger partial charge in [0.1, 0.15) is 11.5 Å². The smallest absolute Gasteiger partial charge is 0.312 e. The number of nitrogens with one attached hydrogen (secondary N) is 2. The van der Waals surface area contributed by atoms with Crippen molar-refractivity contribution in [1.29, 1.82) is 0 Å². The molecule has 0 radical (unpaired) electrons. The number of nitrogens with zero attached hydrogens (tertiary/aromatic N) is 1. The molecule has 0 aliphatic heterocycles. The molecule has 1 atom stereocenters. The van der Waals surface area contributed by atoms with Crippen LogP contribution in [-0.2, 0) is 4.79 Å². The van der Waals surface area contributed by atoms with Gasteiger partial charge in [0.2, 0.25) is 5.91 Å². The zero-order valence-electron chi connectivity index (χ0n) is 14.3. The number of aromatic nitrogens is 1. The van der Waals surface area contributed by atoms with E-state index in [4.69, 9.17) is 10.5 Å². The molecular weight excluding hydrogens is 364 g/mol. The van der Waals surface area contributed by atoms with E-state index in [0.29, 0.717) is 22.2 Å². The molecule has 0 aliphatic carbocycles. The molecule has 1 unspecified atom stereocenters. The lowest BCUT2D eigenvalue weighted by molar-refractivity contribution is -0.116. The topological polar surface area (TPSA) is 106 Å². The van der Waals surface area contributed by atoms with Gasteiger partial charge in [0.15, 0.2) is 5.13 Å². The number of amides is 3. The first kappa shape index (κ1) is 18.4. The van der Waals surface area contributed by atoms with E-state index in [2.05, 4.69) is 15.6 Å². The summed E-state index contributed by atoms with van der Waals surface area (Å²) in [4.78, 5) is 27.7. The van der Waals surface area contributed by atoms with Crippen molar-refractivity contribution in [2.45, 2.75) is 12.5 Å². The number of ether oxygens (including phenoxy) is 1. The highest BCUT2D eigenvalue weighted by Crippen LogP contribution is 2.26. The first-order valence-corrected chi connectivity index (χ1v) is 9.06. The molecule has 7 nitrogen and oxygen atoms in total. The van der Waals surface area contributed by atoms with Crippen LogP contribution < -0.4 is 21.1 Å². The Morgan fingerprint density at radius 3 is 2.59 bits per heavy atom. The maximum Gasteiger partial charge on any atom is 0.312 e. The van der Waals surface area contributed by atoms with Crippen LogP contribution in [0.25, 0.3) is 0 Å². The molecule has 3 aromatic rings. The minimum Gasteiger partial charge on any atom is -0.457 e. The lowest BCUT2D eigenvalue weighted by Gasteiger charge is -2.18. The monoisotopic (exact) mass is 382 g/mol. The fraction of sp³-hybridized carbons (Fsp3) is 0.105. The fourth-order valence-electron chi connectivity index (χ4n) is 2.48. The Kier molecular flexibility index (Phi) is 6.01. The first-order chi connectivity index (χ1) is 13.1. The van der Waals surface area contributed by atoms with Gasteiger partial charge >= 0.3 is 6.03 Å². The SMILES string of the molecule is NC(=O)NC(CC(=O)Nc1nccs1)c1cccc(Oc2ccccc2)c1. The molecule has 1 aromatic heterocycles. The van der Waals surface area contributed by atoms with Crippen molar-refractivity contribution in [2.24, 2.45) is 5.73 Å². The Labute approximate surface area is 160 Å². The highest BCUT2D eigenvalue weighted by Gasteiger charge is 2.19. The van der Waals surface area contributed by atoms with E-state index in [1.807, 2.05) is 30.3 Å². The van der Waals surface area contributed by atoms with Gasteiger partial charge in [-0.25, -0.2) is 9.78 Å². The van der Waals surface area contributed by atoms with Gasteiger partial charge in [-0.3, -0.25) is 4.79 Å². The third kappa shape index (κ3) is 5.55. The largest absolute Gasteiger partial charge is 0.457 e. The lowest BCUT2D eigenvalue weighted by Crippen LogP contribution is -2.35. The molecule has 138 valence electrons. The molecule has 3 amide bonds. The number of anilines is 1. The van der Waals surface area contributed by atoms with Crippen LogP contribution in [0.2, 0.25) is 0 Å². The van der Waals surface area contributed by atoms with Gasteiger partial charge in [-0.2, -0.15) is 0 Å². The van der Waals surface area contributed by atoms with E-state index >= 15 is 0 Å². The Hall–Kier alpha value is -3.39. The molecule has 0 spiro atoms. The molecule has 0 saturated carbocycles. The van der Waals surface area contributed by atoms with Crippen molar-refractivity contribution in [1.82, 2.24) is 10.3 Å². The van der Waals surface area contributed by atoms with Crippen molar-refractivity contribution >= 4 is 28.4 Å². The number of carbonyl (C=O) groups excluding carboxylic acids is 2. The van der Waals surface area contributed by atoms with Crippen LogP contribution in [-0.4, -0.2) is 16.9 Å². The lowest BCUT2D eigenvalue weighted by atomic mass is 10.0. The van der Waals surface area contributed by atoms with Crippen molar-refractivity contribution < 1.29 is 14.3 Å². The standard InChI is InChI=1S/C19H18N4O3S/c20-18(25)22-16(12-17(24)23-19-21-9-10-27-19)13-5-4-8-15(11-13)26-14-6-2-1-3-7-14/h1-11,16H,12H2,(H3,20,22,25)(H,21,23,24). The number of rotatable bonds is 7. The molecule has 3 rings (SSSR count). The Bertz CT molecular complexity index is 900. The number of urea groups is 1. The maximum atomic E-state index is 12.3. The van der Waals surface area contributed by atoms with Crippen LogP contribution in [0.4, 0.5) is 9.93 Å². The number of hydrogen-bond acceptors (Lipinski definition) is 5. The molecular formula is C19H18N4O3S. The van der Waals surface area contributed by atoms with E-state index in [-0.39, 0.29) is 12.3 Å². The second kappa shape index (κ2) is 8.81. The fourth-order valence-corrected chi connectivity index (χ4v) is 3.03. The second-order valence-corrected chi connectivity index (χ2v) is 6.53. The number of hydrogen-bond donors (Lipinski definition) is 3. The summed E-state index contributed by atoms with van der Waals surface area (Å²) in [6.45, 7) is 0. The number of benzene rings is 2. The van der Waals surface area contributed by atoms with Crippen LogP contribution >= 0.6 is 11.3 Å². The molecule has 8 heteroatoms. The van der Waals surface area contributed by atoms with Gasteiger partial charge in [-0.05, 0) is 29.8 Å². The van der Waals surface area contributed by atoms with Crippen LogP contribution in [0, 0.1) is 0 Å². The van der Waals surface area contributed by atoms with E-state index in [1.54, 1.807) is 35.8 Å². The highest BCUT2D eigenvalue weighted by molar-refractivity contribution is 7.13.